The largest absolute Gasteiger partial charge is 0.477 e. The Kier molecular flexibility index (Phi) is 7.25. The number of aryl methyl sites for hydroxylation is 1. The van der Waals surface area contributed by atoms with Crippen LogP contribution in [-0.4, -0.2) is 22.2 Å². The van der Waals surface area contributed by atoms with Crippen molar-refractivity contribution in [3.05, 3.63) is 51.2 Å². The van der Waals surface area contributed by atoms with Crippen molar-refractivity contribution in [2.24, 2.45) is 0 Å². The van der Waals surface area contributed by atoms with Crippen molar-refractivity contribution in [1.29, 1.82) is 0 Å². The smallest absolute Gasteiger partial charge is 0.223 e. The molecule has 0 bridgehead atoms. The number of carbonyl (C=O) groups excluding carboxylic acids is 1. The number of allylic oxidation sites excluding steroid dienone is 2. The lowest BCUT2D eigenvalue weighted by Crippen LogP contribution is -2.10. The van der Waals surface area contributed by atoms with Crippen LogP contribution in [0.3, 0.4) is 0 Å². The SMILES string of the molecule is CCCOc1c(C(=O)c2ccc(Cl)c(C(C)=C(C)C)c2C)cnn1CCC. The van der Waals surface area contributed by atoms with E-state index in [0.29, 0.717) is 35.2 Å². The van der Waals surface area contributed by atoms with E-state index in [1.165, 1.54) is 5.57 Å². The molecule has 0 aliphatic heterocycles. The Morgan fingerprint density at radius 1 is 1.15 bits per heavy atom. The van der Waals surface area contributed by atoms with Crippen LogP contribution in [0.25, 0.3) is 5.57 Å². The van der Waals surface area contributed by atoms with Gasteiger partial charge < -0.3 is 4.74 Å². The first-order valence-corrected chi connectivity index (χ1v) is 9.88. The first-order chi connectivity index (χ1) is 12.8. The van der Waals surface area contributed by atoms with Gasteiger partial charge in [0.15, 0.2) is 5.78 Å². The summed E-state index contributed by atoms with van der Waals surface area (Å²) in [6, 6.07) is 3.59. The summed E-state index contributed by atoms with van der Waals surface area (Å²) in [5, 5.41) is 5.03. The number of rotatable bonds is 8. The van der Waals surface area contributed by atoms with E-state index in [1.807, 2.05) is 34.6 Å². The Morgan fingerprint density at radius 2 is 1.85 bits per heavy atom. The number of ketones is 1. The molecule has 0 fully saturated rings. The molecule has 4 nitrogen and oxygen atoms in total. The highest BCUT2D eigenvalue weighted by Crippen LogP contribution is 2.33. The highest BCUT2D eigenvalue weighted by Gasteiger charge is 2.23. The van der Waals surface area contributed by atoms with Crippen molar-refractivity contribution in [1.82, 2.24) is 9.78 Å². The first-order valence-electron chi connectivity index (χ1n) is 9.50. The number of aromatic nitrogens is 2. The van der Waals surface area contributed by atoms with E-state index in [4.69, 9.17) is 16.3 Å². The van der Waals surface area contributed by atoms with Gasteiger partial charge in [-0.05, 0) is 69.4 Å². The molecule has 27 heavy (non-hydrogen) atoms. The predicted molar refractivity (Wildman–Crippen MR) is 112 cm³/mol. The van der Waals surface area contributed by atoms with E-state index in [2.05, 4.69) is 12.0 Å². The number of benzene rings is 1. The fourth-order valence-corrected chi connectivity index (χ4v) is 3.38. The highest BCUT2D eigenvalue weighted by atomic mass is 35.5. The van der Waals surface area contributed by atoms with Crippen LogP contribution in [0.5, 0.6) is 5.88 Å². The number of carbonyl (C=O) groups is 1. The third-order valence-electron chi connectivity index (χ3n) is 4.70. The predicted octanol–water partition coefficient (Wildman–Crippen LogP) is 6.09. The first kappa shape index (κ1) is 21.2. The maximum Gasteiger partial charge on any atom is 0.223 e. The summed E-state index contributed by atoms with van der Waals surface area (Å²) in [4.78, 5) is 13.3. The van der Waals surface area contributed by atoms with Crippen LogP contribution < -0.4 is 4.74 Å². The van der Waals surface area contributed by atoms with Gasteiger partial charge in [-0.3, -0.25) is 4.79 Å². The van der Waals surface area contributed by atoms with Crippen molar-refractivity contribution >= 4 is 23.0 Å². The monoisotopic (exact) mass is 388 g/mol. The Hall–Kier alpha value is -2.07. The highest BCUT2D eigenvalue weighted by molar-refractivity contribution is 6.32. The van der Waals surface area contributed by atoms with E-state index in [1.54, 1.807) is 23.0 Å². The topological polar surface area (TPSA) is 44.1 Å². The van der Waals surface area contributed by atoms with Gasteiger partial charge in [0.1, 0.15) is 5.56 Å². The Labute approximate surface area is 167 Å². The van der Waals surface area contributed by atoms with E-state index in [0.717, 1.165) is 29.5 Å². The second-order valence-electron chi connectivity index (χ2n) is 6.98. The summed E-state index contributed by atoms with van der Waals surface area (Å²) >= 11 is 6.45. The minimum absolute atomic E-state index is 0.0829. The van der Waals surface area contributed by atoms with Gasteiger partial charge in [-0.15, -0.1) is 0 Å². The third-order valence-corrected chi connectivity index (χ3v) is 5.01. The number of hydrogen-bond donors (Lipinski definition) is 0. The van der Waals surface area contributed by atoms with E-state index >= 15 is 0 Å². The molecule has 5 heteroatoms. The molecule has 0 N–H and O–H groups in total. The molecule has 1 heterocycles. The third kappa shape index (κ3) is 4.44. The summed E-state index contributed by atoms with van der Waals surface area (Å²) in [7, 11) is 0. The molecule has 146 valence electrons. The normalized spacial score (nSPS) is 10.8. The molecule has 0 radical (unpaired) electrons. The molecule has 1 aromatic carbocycles. The van der Waals surface area contributed by atoms with Crippen LogP contribution >= 0.6 is 11.6 Å². The fourth-order valence-electron chi connectivity index (χ4n) is 3.03. The van der Waals surface area contributed by atoms with Gasteiger partial charge in [0, 0.05) is 17.1 Å². The van der Waals surface area contributed by atoms with Crippen molar-refractivity contribution in [2.75, 3.05) is 6.61 Å². The zero-order valence-electron chi connectivity index (χ0n) is 17.1. The minimum atomic E-state index is -0.0829. The molecule has 0 atom stereocenters. The molecule has 0 amide bonds. The van der Waals surface area contributed by atoms with Crippen LogP contribution in [0.15, 0.2) is 23.9 Å². The maximum atomic E-state index is 13.3. The second-order valence-corrected chi connectivity index (χ2v) is 7.39. The molecular weight excluding hydrogens is 360 g/mol. The van der Waals surface area contributed by atoms with Gasteiger partial charge in [-0.1, -0.05) is 31.0 Å². The van der Waals surface area contributed by atoms with Crippen LogP contribution in [0.2, 0.25) is 5.02 Å². The summed E-state index contributed by atoms with van der Waals surface area (Å²) in [6.07, 6.45) is 3.40. The molecule has 0 aliphatic carbocycles. The van der Waals surface area contributed by atoms with E-state index in [9.17, 15) is 4.79 Å². The number of ether oxygens (including phenoxy) is 1. The van der Waals surface area contributed by atoms with Crippen molar-refractivity contribution < 1.29 is 9.53 Å². The summed E-state index contributed by atoms with van der Waals surface area (Å²) < 4.78 is 7.65. The van der Waals surface area contributed by atoms with Gasteiger partial charge in [0.2, 0.25) is 5.88 Å². The molecule has 0 saturated heterocycles. The van der Waals surface area contributed by atoms with Gasteiger partial charge in [0.05, 0.1) is 12.8 Å². The number of nitrogens with zero attached hydrogens (tertiary/aromatic N) is 2. The van der Waals surface area contributed by atoms with Crippen molar-refractivity contribution in [3.63, 3.8) is 0 Å². The fraction of sp³-hybridized carbons (Fsp3) is 0.455. The maximum absolute atomic E-state index is 13.3. The van der Waals surface area contributed by atoms with Gasteiger partial charge in [-0.25, -0.2) is 4.68 Å². The quantitative estimate of drug-likeness (QED) is 0.514. The molecule has 0 unspecified atom stereocenters. The van der Waals surface area contributed by atoms with Crippen molar-refractivity contribution in [2.45, 2.75) is 60.9 Å². The van der Waals surface area contributed by atoms with E-state index < -0.39 is 0 Å². The van der Waals surface area contributed by atoms with E-state index in [-0.39, 0.29) is 5.78 Å². The summed E-state index contributed by atoms with van der Waals surface area (Å²) in [5.74, 6) is 0.471. The van der Waals surface area contributed by atoms with Crippen molar-refractivity contribution in [3.8, 4) is 5.88 Å². The van der Waals surface area contributed by atoms with Crippen LogP contribution in [-0.2, 0) is 6.54 Å². The number of hydrogen-bond acceptors (Lipinski definition) is 3. The zero-order valence-corrected chi connectivity index (χ0v) is 17.9. The minimum Gasteiger partial charge on any atom is -0.477 e. The average molecular weight is 389 g/mol. The van der Waals surface area contributed by atoms with Gasteiger partial charge in [-0.2, -0.15) is 5.10 Å². The molecule has 2 rings (SSSR count). The lowest BCUT2D eigenvalue weighted by atomic mass is 9.92. The standard InChI is InChI=1S/C22H29ClN2O2/c1-7-11-25-22(27-12-8-2)18(13-24-25)21(26)17-9-10-19(23)20(16(17)6)15(5)14(3)4/h9-10,13H,7-8,11-12H2,1-6H3. The van der Waals surface area contributed by atoms with Gasteiger partial charge >= 0.3 is 0 Å². The summed E-state index contributed by atoms with van der Waals surface area (Å²) in [6.45, 7) is 13.5. The Balaban J connectivity index is 2.56. The summed E-state index contributed by atoms with van der Waals surface area (Å²) in [5.41, 5.74) is 5.22. The van der Waals surface area contributed by atoms with Crippen LogP contribution in [0, 0.1) is 6.92 Å². The average Bonchev–Trinajstić information content (AvgIpc) is 3.02. The zero-order chi connectivity index (χ0) is 20.1. The lowest BCUT2D eigenvalue weighted by molar-refractivity contribution is 0.103. The Bertz CT molecular complexity index is 861. The lowest BCUT2D eigenvalue weighted by Gasteiger charge is -2.15. The molecule has 0 spiro atoms. The van der Waals surface area contributed by atoms with Crippen LogP contribution in [0.1, 0.15) is 74.5 Å². The molecule has 1 aromatic heterocycles. The molecule has 0 saturated carbocycles. The molecule has 2 aromatic rings. The van der Waals surface area contributed by atoms with Crippen LogP contribution in [0.4, 0.5) is 0 Å². The number of halogens is 1. The second kappa shape index (κ2) is 9.23. The Morgan fingerprint density at radius 3 is 2.44 bits per heavy atom. The molecular formula is C22H29ClN2O2. The molecule has 0 aliphatic rings. The van der Waals surface area contributed by atoms with Gasteiger partial charge in [0.25, 0.3) is 0 Å².